The molecule has 2 amide bonds. The molecule has 0 aliphatic heterocycles. The second kappa shape index (κ2) is 13.4. The van der Waals surface area contributed by atoms with Gasteiger partial charge in [0.1, 0.15) is 17.6 Å². The Labute approximate surface area is 206 Å². The van der Waals surface area contributed by atoms with Crippen LogP contribution < -0.4 is 10.1 Å². The molecule has 1 aliphatic carbocycles. The molecule has 5 nitrogen and oxygen atoms in total. The standard InChI is InChI=1S/C27H35FN2O3S/c1-3-25(27(32)29-22-12-5-4-6-13-22)30(17-20-10-9-14-23(16-20)33-2)26(31)19-34-18-21-11-7-8-15-24(21)28/h7-11,14-16,22,25H,3-6,12-13,17-19H2,1-2H3,(H,29,32)/t25-/m1/s1. The lowest BCUT2D eigenvalue weighted by molar-refractivity contribution is -0.139. The van der Waals surface area contributed by atoms with Crippen LogP contribution in [0.1, 0.15) is 56.6 Å². The Morgan fingerprint density at radius 1 is 1.15 bits per heavy atom. The summed E-state index contributed by atoms with van der Waals surface area (Å²) in [5.41, 5.74) is 1.47. The number of carbonyl (C=O) groups excluding carboxylic acids is 2. The molecular formula is C27H35FN2O3S. The molecule has 0 saturated heterocycles. The van der Waals surface area contributed by atoms with E-state index in [2.05, 4.69) is 5.32 Å². The second-order valence-corrected chi connectivity index (χ2v) is 9.71. The van der Waals surface area contributed by atoms with Crippen molar-refractivity contribution in [1.82, 2.24) is 10.2 Å². The lowest BCUT2D eigenvalue weighted by Gasteiger charge is -2.32. The van der Waals surface area contributed by atoms with E-state index < -0.39 is 6.04 Å². The number of rotatable bonds is 11. The van der Waals surface area contributed by atoms with Crippen LogP contribution in [0, 0.1) is 5.82 Å². The van der Waals surface area contributed by atoms with Gasteiger partial charge >= 0.3 is 0 Å². The molecule has 184 valence electrons. The van der Waals surface area contributed by atoms with E-state index in [-0.39, 0.29) is 29.4 Å². The molecule has 2 aromatic carbocycles. The monoisotopic (exact) mass is 486 g/mol. The predicted molar refractivity (Wildman–Crippen MR) is 135 cm³/mol. The first-order chi connectivity index (χ1) is 16.5. The van der Waals surface area contributed by atoms with Gasteiger partial charge in [0.25, 0.3) is 0 Å². The Morgan fingerprint density at radius 3 is 2.62 bits per heavy atom. The molecule has 1 atom stereocenters. The summed E-state index contributed by atoms with van der Waals surface area (Å²) in [6.45, 7) is 2.25. The van der Waals surface area contributed by atoms with Crippen LogP contribution >= 0.6 is 11.8 Å². The Morgan fingerprint density at radius 2 is 1.91 bits per heavy atom. The molecule has 0 spiro atoms. The second-order valence-electron chi connectivity index (χ2n) is 8.72. The summed E-state index contributed by atoms with van der Waals surface area (Å²) in [6, 6.07) is 13.8. The van der Waals surface area contributed by atoms with Crippen molar-refractivity contribution in [1.29, 1.82) is 0 Å². The fourth-order valence-corrected chi connectivity index (χ4v) is 5.27. The van der Waals surface area contributed by atoms with Crippen molar-refractivity contribution in [3.63, 3.8) is 0 Å². The first-order valence-electron chi connectivity index (χ1n) is 12.1. The number of halogens is 1. The number of hydrogen-bond acceptors (Lipinski definition) is 4. The lowest BCUT2D eigenvalue weighted by atomic mass is 9.95. The topological polar surface area (TPSA) is 58.6 Å². The zero-order valence-corrected chi connectivity index (χ0v) is 20.9. The molecule has 0 heterocycles. The quantitative estimate of drug-likeness (QED) is 0.467. The van der Waals surface area contributed by atoms with Gasteiger partial charge in [0, 0.05) is 18.3 Å². The molecule has 0 unspecified atom stereocenters. The predicted octanol–water partition coefficient (Wildman–Crippen LogP) is 5.32. The van der Waals surface area contributed by atoms with E-state index >= 15 is 0 Å². The van der Waals surface area contributed by atoms with Crippen molar-refractivity contribution in [3.8, 4) is 5.75 Å². The minimum atomic E-state index is -0.560. The molecule has 0 radical (unpaired) electrons. The van der Waals surface area contributed by atoms with Gasteiger partial charge in [0.2, 0.25) is 11.8 Å². The fraction of sp³-hybridized carbons (Fsp3) is 0.481. The van der Waals surface area contributed by atoms with Gasteiger partial charge in [0.15, 0.2) is 0 Å². The number of methoxy groups -OCH3 is 1. The van der Waals surface area contributed by atoms with E-state index in [1.54, 1.807) is 30.2 Å². The summed E-state index contributed by atoms with van der Waals surface area (Å²) in [5.74, 6) is 0.786. The van der Waals surface area contributed by atoms with Crippen LogP contribution in [0.4, 0.5) is 4.39 Å². The van der Waals surface area contributed by atoms with Crippen molar-refractivity contribution in [3.05, 3.63) is 65.5 Å². The van der Waals surface area contributed by atoms with E-state index in [0.29, 0.717) is 30.0 Å². The number of benzene rings is 2. The molecule has 2 aromatic rings. The van der Waals surface area contributed by atoms with Gasteiger partial charge in [-0.25, -0.2) is 4.39 Å². The SMILES string of the molecule is CC[C@H](C(=O)NC1CCCCC1)N(Cc1cccc(OC)c1)C(=O)CSCc1ccccc1F. The van der Waals surface area contributed by atoms with Gasteiger partial charge < -0.3 is 15.0 Å². The zero-order valence-electron chi connectivity index (χ0n) is 20.1. The highest BCUT2D eigenvalue weighted by atomic mass is 32.2. The van der Waals surface area contributed by atoms with Gasteiger partial charge in [-0.15, -0.1) is 11.8 Å². The van der Waals surface area contributed by atoms with Gasteiger partial charge in [-0.3, -0.25) is 9.59 Å². The molecule has 1 fully saturated rings. The van der Waals surface area contributed by atoms with Crippen LogP contribution in [0.15, 0.2) is 48.5 Å². The third-order valence-electron chi connectivity index (χ3n) is 6.27. The first kappa shape index (κ1) is 26.1. The van der Waals surface area contributed by atoms with Crippen LogP contribution in [0.2, 0.25) is 0 Å². The van der Waals surface area contributed by atoms with Crippen LogP contribution in [0.5, 0.6) is 5.75 Å². The van der Waals surface area contributed by atoms with Crippen molar-refractivity contribution in [2.45, 2.75) is 69.8 Å². The Bertz CT molecular complexity index is 949. The molecule has 1 saturated carbocycles. The van der Waals surface area contributed by atoms with Gasteiger partial charge in [-0.1, -0.05) is 56.5 Å². The third kappa shape index (κ3) is 7.49. The molecule has 3 rings (SSSR count). The summed E-state index contributed by atoms with van der Waals surface area (Å²) in [7, 11) is 1.61. The maximum atomic E-state index is 14.0. The largest absolute Gasteiger partial charge is 0.497 e. The summed E-state index contributed by atoms with van der Waals surface area (Å²) >= 11 is 1.36. The van der Waals surface area contributed by atoms with Crippen LogP contribution in [-0.4, -0.2) is 41.7 Å². The van der Waals surface area contributed by atoms with E-state index in [1.807, 2.05) is 31.2 Å². The Kier molecular flexibility index (Phi) is 10.3. The van der Waals surface area contributed by atoms with Gasteiger partial charge in [-0.2, -0.15) is 0 Å². The normalized spacial score (nSPS) is 14.9. The number of ether oxygens (including phenoxy) is 1. The Hall–Kier alpha value is -2.54. The van der Waals surface area contributed by atoms with E-state index in [0.717, 1.165) is 31.2 Å². The number of amides is 2. The number of nitrogens with zero attached hydrogens (tertiary/aromatic N) is 1. The molecule has 0 aromatic heterocycles. The molecule has 1 N–H and O–H groups in total. The Balaban J connectivity index is 1.72. The molecular weight excluding hydrogens is 451 g/mol. The number of thioether (sulfide) groups is 1. The highest BCUT2D eigenvalue weighted by Crippen LogP contribution is 2.22. The lowest BCUT2D eigenvalue weighted by Crippen LogP contribution is -2.52. The molecule has 7 heteroatoms. The van der Waals surface area contributed by atoms with Crippen LogP contribution in [0.3, 0.4) is 0 Å². The van der Waals surface area contributed by atoms with Crippen LogP contribution in [-0.2, 0) is 21.9 Å². The molecule has 1 aliphatic rings. The van der Waals surface area contributed by atoms with E-state index in [9.17, 15) is 14.0 Å². The number of hydrogen-bond donors (Lipinski definition) is 1. The molecule has 34 heavy (non-hydrogen) atoms. The number of carbonyl (C=O) groups is 2. The highest BCUT2D eigenvalue weighted by molar-refractivity contribution is 7.99. The average Bonchev–Trinajstić information content (AvgIpc) is 2.85. The van der Waals surface area contributed by atoms with E-state index in [1.165, 1.54) is 24.2 Å². The maximum absolute atomic E-state index is 14.0. The average molecular weight is 487 g/mol. The van der Waals surface area contributed by atoms with E-state index in [4.69, 9.17) is 4.74 Å². The molecule has 0 bridgehead atoms. The summed E-state index contributed by atoms with van der Waals surface area (Å²) in [5, 5.41) is 3.19. The van der Waals surface area contributed by atoms with Crippen molar-refractivity contribution in [2.75, 3.05) is 12.9 Å². The van der Waals surface area contributed by atoms with Gasteiger partial charge in [0.05, 0.1) is 12.9 Å². The highest BCUT2D eigenvalue weighted by Gasteiger charge is 2.30. The summed E-state index contributed by atoms with van der Waals surface area (Å²) < 4.78 is 19.3. The smallest absolute Gasteiger partial charge is 0.243 e. The fourth-order valence-electron chi connectivity index (χ4n) is 4.38. The summed E-state index contributed by atoms with van der Waals surface area (Å²) in [4.78, 5) is 28.3. The summed E-state index contributed by atoms with van der Waals surface area (Å²) in [6.07, 6.45) is 5.96. The zero-order chi connectivity index (χ0) is 24.3. The minimum absolute atomic E-state index is 0.0928. The van der Waals surface area contributed by atoms with Crippen LogP contribution in [0.25, 0.3) is 0 Å². The minimum Gasteiger partial charge on any atom is -0.497 e. The van der Waals surface area contributed by atoms with Crippen molar-refractivity contribution >= 4 is 23.6 Å². The maximum Gasteiger partial charge on any atom is 0.243 e. The van der Waals surface area contributed by atoms with Crippen molar-refractivity contribution in [2.24, 2.45) is 0 Å². The number of nitrogens with one attached hydrogen (secondary N) is 1. The van der Waals surface area contributed by atoms with Gasteiger partial charge in [-0.05, 0) is 48.6 Å². The first-order valence-corrected chi connectivity index (χ1v) is 13.2. The third-order valence-corrected chi connectivity index (χ3v) is 7.23. The van der Waals surface area contributed by atoms with Crippen molar-refractivity contribution < 1.29 is 18.7 Å².